The molecule has 0 aromatic carbocycles. The first kappa shape index (κ1) is 14.2. The number of hydrogen-bond acceptors (Lipinski definition) is 5. The molecule has 0 unspecified atom stereocenters. The maximum absolute atomic E-state index is 9.83. The van der Waals surface area contributed by atoms with Crippen LogP contribution < -0.4 is 4.90 Å². The van der Waals surface area contributed by atoms with E-state index >= 15 is 0 Å². The lowest BCUT2D eigenvalue weighted by Gasteiger charge is -2.38. The Bertz CT molecular complexity index is 409. The molecule has 0 aliphatic carbocycles. The van der Waals surface area contributed by atoms with Crippen LogP contribution in [0.25, 0.3) is 0 Å². The van der Waals surface area contributed by atoms with E-state index in [1.165, 1.54) is 0 Å². The van der Waals surface area contributed by atoms with Crippen molar-refractivity contribution in [3.8, 4) is 0 Å². The molecule has 1 aromatic rings. The van der Waals surface area contributed by atoms with Crippen LogP contribution in [0, 0.1) is 0 Å². The number of anilines is 1. The smallest absolute Gasteiger partial charge is 0.0853 e. The van der Waals surface area contributed by atoms with E-state index < -0.39 is 5.60 Å². The minimum absolute atomic E-state index is 0.0213. The van der Waals surface area contributed by atoms with E-state index in [1.54, 1.807) is 6.20 Å². The molecular weight excluding hydrogens is 242 g/mol. The van der Waals surface area contributed by atoms with E-state index in [0.29, 0.717) is 12.2 Å². The number of aromatic nitrogens is 1. The van der Waals surface area contributed by atoms with Crippen LogP contribution in [-0.2, 0) is 6.61 Å². The van der Waals surface area contributed by atoms with Crippen LogP contribution >= 0.6 is 0 Å². The second-order valence-electron chi connectivity index (χ2n) is 5.74. The van der Waals surface area contributed by atoms with Crippen LogP contribution in [0.4, 0.5) is 5.69 Å². The Kier molecular flexibility index (Phi) is 4.39. The highest BCUT2D eigenvalue weighted by molar-refractivity contribution is 5.46. The lowest BCUT2D eigenvalue weighted by atomic mass is 10.1. The van der Waals surface area contributed by atoms with Gasteiger partial charge in [-0.3, -0.25) is 9.88 Å². The first-order valence-electron chi connectivity index (χ1n) is 6.73. The van der Waals surface area contributed by atoms with Gasteiger partial charge in [0.15, 0.2) is 0 Å². The Labute approximate surface area is 114 Å². The summed E-state index contributed by atoms with van der Waals surface area (Å²) in [5.41, 5.74) is 1.18. The maximum atomic E-state index is 9.83. The van der Waals surface area contributed by atoms with Crippen LogP contribution in [0.15, 0.2) is 18.3 Å². The standard InChI is InChI=1S/C14H23N3O2/c1-14(2,19)11-16-5-7-17(8-6-16)13-3-4-15-12(9-13)10-18/h3-4,9,18-19H,5-8,10-11H2,1-2H3. The van der Waals surface area contributed by atoms with Gasteiger partial charge in [-0.05, 0) is 26.0 Å². The van der Waals surface area contributed by atoms with Crippen molar-refractivity contribution in [1.82, 2.24) is 9.88 Å². The Morgan fingerprint density at radius 2 is 1.95 bits per heavy atom. The molecule has 106 valence electrons. The lowest BCUT2D eigenvalue weighted by molar-refractivity contribution is 0.0345. The monoisotopic (exact) mass is 265 g/mol. The summed E-state index contributed by atoms with van der Waals surface area (Å²) in [4.78, 5) is 8.67. The van der Waals surface area contributed by atoms with Gasteiger partial charge < -0.3 is 15.1 Å². The van der Waals surface area contributed by atoms with Crippen molar-refractivity contribution in [2.75, 3.05) is 37.6 Å². The van der Waals surface area contributed by atoms with Crippen LogP contribution in [-0.4, -0.2) is 58.4 Å². The van der Waals surface area contributed by atoms with Gasteiger partial charge in [-0.15, -0.1) is 0 Å². The fourth-order valence-corrected chi connectivity index (χ4v) is 2.46. The molecule has 2 rings (SSSR count). The molecule has 0 saturated carbocycles. The topological polar surface area (TPSA) is 59.8 Å². The van der Waals surface area contributed by atoms with Gasteiger partial charge in [0.05, 0.1) is 17.9 Å². The van der Waals surface area contributed by atoms with E-state index in [2.05, 4.69) is 14.8 Å². The molecule has 1 saturated heterocycles. The summed E-state index contributed by atoms with van der Waals surface area (Å²) in [6.07, 6.45) is 1.74. The number of nitrogens with zero attached hydrogens (tertiary/aromatic N) is 3. The molecule has 0 bridgehead atoms. The number of β-amino-alcohol motifs (C(OH)–C–C–N with tert-alkyl or cyclic N) is 1. The summed E-state index contributed by atoms with van der Waals surface area (Å²) < 4.78 is 0. The maximum Gasteiger partial charge on any atom is 0.0853 e. The molecule has 2 N–H and O–H groups in total. The number of rotatable bonds is 4. The number of pyridine rings is 1. The molecular formula is C14H23N3O2. The van der Waals surface area contributed by atoms with Gasteiger partial charge in [-0.25, -0.2) is 0 Å². The predicted octanol–water partition coefficient (Wildman–Crippen LogP) is 0.467. The van der Waals surface area contributed by atoms with Crippen molar-refractivity contribution >= 4 is 5.69 Å². The summed E-state index contributed by atoms with van der Waals surface area (Å²) in [6, 6.07) is 3.91. The second-order valence-corrected chi connectivity index (χ2v) is 5.74. The van der Waals surface area contributed by atoms with E-state index in [-0.39, 0.29) is 6.61 Å². The highest BCUT2D eigenvalue weighted by atomic mass is 16.3. The summed E-state index contributed by atoms with van der Waals surface area (Å²) in [5, 5.41) is 18.9. The Hall–Kier alpha value is -1.17. The Balaban J connectivity index is 1.92. The third-order valence-electron chi connectivity index (χ3n) is 3.31. The summed E-state index contributed by atoms with van der Waals surface area (Å²) in [6.45, 7) is 8.13. The van der Waals surface area contributed by atoms with Crippen LogP contribution in [0.3, 0.4) is 0 Å². The molecule has 5 heteroatoms. The van der Waals surface area contributed by atoms with Crippen LogP contribution in [0.2, 0.25) is 0 Å². The Morgan fingerprint density at radius 1 is 1.26 bits per heavy atom. The second kappa shape index (κ2) is 5.86. The zero-order chi connectivity index (χ0) is 13.9. The van der Waals surface area contributed by atoms with Crippen molar-refractivity contribution in [3.63, 3.8) is 0 Å². The third kappa shape index (κ3) is 4.16. The average molecular weight is 265 g/mol. The molecule has 0 radical (unpaired) electrons. The summed E-state index contributed by atoms with van der Waals surface area (Å²) >= 11 is 0. The van der Waals surface area contributed by atoms with Gasteiger partial charge in [0, 0.05) is 44.6 Å². The average Bonchev–Trinajstić information content (AvgIpc) is 2.38. The van der Waals surface area contributed by atoms with E-state index in [4.69, 9.17) is 5.11 Å². The van der Waals surface area contributed by atoms with Gasteiger partial charge in [0.25, 0.3) is 0 Å². The minimum atomic E-state index is -0.636. The van der Waals surface area contributed by atoms with E-state index in [9.17, 15) is 5.11 Å². The molecule has 1 aromatic heterocycles. The third-order valence-corrected chi connectivity index (χ3v) is 3.31. The number of hydrogen-bond donors (Lipinski definition) is 2. The highest BCUT2D eigenvalue weighted by Gasteiger charge is 2.22. The molecule has 1 fully saturated rings. The minimum Gasteiger partial charge on any atom is -0.390 e. The first-order chi connectivity index (χ1) is 8.98. The molecule has 1 aliphatic rings. The molecule has 2 heterocycles. The van der Waals surface area contributed by atoms with Gasteiger partial charge in [0.1, 0.15) is 0 Å². The molecule has 0 spiro atoms. The van der Waals surface area contributed by atoms with Gasteiger partial charge >= 0.3 is 0 Å². The van der Waals surface area contributed by atoms with Crippen LogP contribution in [0.5, 0.6) is 0 Å². The molecule has 19 heavy (non-hydrogen) atoms. The number of piperazine rings is 1. The van der Waals surface area contributed by atoms with Gasteiger partial charge in [-0.2, -0.15) is 0 Å². The molecule has 1 aliphatic heterocycles. The number of aliphatic hydroxyl groups is 2. The Morgan fingerprint density at radius 3 is 2.53 bits per heavy atom. The van der Waals surface area contributed by atoms with E-state index in [0.717, 1.165) is 31.9 Å². The fourth-order valence-electron chi connectivity index (χ4n) is 2.46. The first-order valence-corrected chi connectivity index (χ1v) is 6.73. The van der Waals surface area contributed by atoms with Crippen molar-refractivity contribution in [2.45, 2.75) is 26.1 Å². The SMILES string of the molecule is CC(C)(O)CN1CCN(c2ccnc(CO)c2)CC1. The molecule has 5 nitrogen and oxygen atoms in total. The van der Waals surface area contributed by atoms with Crippen molar-refractivity contribution in [2.24, 2.45) is 0 Å². The summed E-state index contributed by atoms with van der Waals surface area (Å²) in [5.74, 6) is 0. The highest BCUT2D eigenvalue weighted by Crippen LogP contribution is 2.17. The fraction of sp³-hybridized carbons (Fsp3) is 0.643. The lowest BCUT2D eigenvalue weighted by Crippen LogP contribution is -2.50. The zero-order valence-corrected chi connectivity index (χ0v) is 11.7. The van der Waals surface area contributed by atoms with Gasteiger partial charge in [-0.1, -0.05) is 0 Å². The summed E-state index contributed by atoms with van der Waals surface area (Å²) in [7, 11) is 0. The zero-order valence-electron chi connectivity index (χ0n) is 11.7. The molecule has 0 atom stereocenters. The van der Waals surface area contributed by atoms with Gasteiger partial charge in [0.2, 0.25) is 0 Å². The van der Waals surface area contributed by atoms with E-state index in [1.807, 2.05) is 26.0 Å². The van der Waals surface area contributed by atoms with Crippen LogP contribution in [0.1, 0.15) is 19.5 Å². The number of aliphatic hydroxyl groups excluding tert-OH is 1. The molecule has 0 amide bonds. The normalized spacial score (nSPS) is 17.8. The van der Waals surface area contributed by atoms with Crippen molar-refractivity contribution < 1.29 is 10.2 Å². The van der Waals surface area contributed by atoms with Crippen molar-refractivity contribution in [3.05, 3.63) is 24.0 Å². The predicted molar refractivity (Wildman–Crippen MR) is 75.1 cm³/mol. The quantitative estimate of drug-likeness (QED) is 0.828. The van der Waals surface area contributed by atoms with Crippen molar-refractivity contribution in [1.29, 1.82) is 0 Å². The largest absolute Gasteiger partial charge is 0.390 e.